The summed E-state index contributed by atoms with van der Waals surface area (Å²) in [4.78, 5) is 36.7. The Balaban J connectivity index is 2.66. The maximum Gasteiger partial charge on any atom is 0.412 e. The summed E-state index contributed by atoms with van der Waals surface area (Å²) in [6.45, 7) is 2.93. The number of amides is 3. The second kappa shape index (κ2) is 11.1. The molecule has 0 spiro atoms. The van der Waals surface area contributed by atoms with Gasteiger partial charge in [-0.3, -0.25) is 9.59 Å². The van der Waals surface area contributed by atoms with Gasteiger partial charge in [0.05, 0.1) is 0 Å². The number of nitrogens with zero attached hydrogens (tertiary/aromatic N) is 1. The quantitative estimate of drug-likeness (QED) is 0.575. The largest absolute Gasteiger partial charge is 0.412 e. The number of benzene rings is 1. The van der Waals surface area contributed by atoms with Gasteiger partial charge in [0.1, 0.15) is 5.75 Å². The van der Waals surface area contributed by atoms with Crippen molar-refractivity contribution in [1.82, 2.24) is 15.5 Å². The molecule has 1 aromatic rings. The molecule has 0 fully saturated rings. The Labute approximate surface area is 154 Å². The molecule has 0 radical (unpaired) electrons. The van der Waals surface area contributed by atoms with E-state index in [9.17, 15) is 14.4 Å². The van der Waals surface area contributed by atoms with Crippen molar-refractivity contribution in [2.45, 2.75) is 26.2 Å². The summed E-state index contributed by atoms with van der Waals surface area (Å²) in [6.07, 6.45) is 0.979. The molecule has 3 N–H and O–H groups in total. The third-order valence-corrected chi connectivity index (χ3v) is 3.52. The Kier molecular flexibility index (Phi) is 9.14. The second-order valence-electron chi connectivity index (χ2n) is 6.15. The molecule has 0 aliphatic carbocycles. The topological polar surface area (TPSA) is 99.8 Å². The van der Waals surface area contributed by atoms with Gasteiger partial charge in [-0.15, -0.1) is 0 Å². The number of rotatable bonds is 9. The van der Waals surface area contributed by atoms with Crippen LogP contribution in [0.1, 0.15) is 25.3 Å². The minimum atomic E-state index is -0.612. The lowest BCUT2D eigenvalue weighted by molar-refractivity contribution is -0.121. The van der Waals surface area contributed by atoms with Gasteiger partial charge in [-0.25, -0.2) is 4.79 Å². The first-order valence-corrected chi connectivity index (χ1v) is 8.53. The Morgan fingerprint density at radius 1 is 1.19 bits per heavy atom. The molecule has 0 aliphatic rings. The van der Waals surface area contributed by atoms with Gasteiger partial charge in [-0.1, -0.05) is 6.07 Å². The lowest BCUT2D eigenvalue weighted by Crippen LogP contribution is -2.27. The van der Waals surface area contributed by atoms with E-state index in [0.29, 0.717) is 30.0 Å². The number of aryl methyl sites for hydroxylation is 1. The number of hydrogen-bond donors (Lipinski definition) is 3. The van der Waals surface area contributed by atoms with E-state index in [1.165, 1.54) is 14.0 Å². The van der Waals surface area contributed by atoms with E-state index < -0.39 is 6.09 Å². The molecule has 144 valence electrons. The molecule has 0 unspecified atom stereocenters. The maximum absolute atomic E-state index is 12.0. The molecular weight excluding hydrogens is 336 g/mol. The number of hydrogen-bond acceptors (Lipinski definition) is 5. The van der Waals surface area contributed by atoms with Gasteiger partial charge < -0.3 is 25.6 Å². The average molecular weight is 364 g/mol. The van der Waals surface area contributed by atoms with Crippen molar-refractivity contribution in [2.75, 3.05) is 39.5 Å². The number of nitrogens with one attached hydrogen (secondary N) is 3. The van der Waals surface area contributed by atoms with E-state index >= 15 is 0 Å². The van der Waals surface area contributed by atoms with Crippen LogP contribution in [0.15, 0.2) is 18.2 Å². The van der Waals surface area contributed by atoms with E-state index in [-0.39, 0.29) is 18.2 Å². The fraction of sp³-hybridized carbons (Fsp3) is 0.500. The minimum Gasteiger partial charge on any atom is -0.410 e. The Bertz CT molecular complexity index is 632. The molecule has 1 rings (SSSR count). The van der Waals surface area contributed by atoms with Crippen molar-refractivity contribution in [3.8, 4) is 5.75 Å². The van der Waals surface area contributed by atoms with E-state index in [0.717, 1.165) is 13.0 Å². The second-order valence-corrected chi connectivity index (χ2v) is 6.15. The first-order chi connectivity index (χ1) is 12.3. The van der Waals surface area contributed by atoms with Crippen LogP contribution in [0.25, 0.3) is 0 Å². The number of carbonyl (C=O) groups excluding carboxylic acids is 3. The van der Waals surface area contributed by atoms with Gasteiger partial charge in [0.15, 0.2) is 0 Å². The fourth-order valence-corrected chi connectivity index (χ4v) is 2.25. The Morgan fingerprint density at radius 3 is 2.54 bits per heavy atom. The van der Waals surface area contributed by atoms with Gasteiger partial charge in [0.2, 0.25) is 11.8 Å². The van der Waals surface area contributed by atoms with E-state index in [1.54, 1.807) is 18.2 Å². The van der Waals surface area contributed by atoms with Crippen molar-refractivity contribution >= 4 is 23.6 Å². The zero-order valence-corrected chi connectivity index (χ0v) is 15.8. The van der Waals surface area contributed by atoms with Crippen LogP contribution in [0.2, 0.25) is 0 Å². The highest BCUT2D eigenvalue weighted by Crippen LogP contribution is 2.25. The van der Waals surface area contributed by atoms with Gasteiger partial charge in [-0.05, 0) is 45.1 Å². The van der Waals surface area contributed by atoms with Crippen molar-refractivity contribution in [1.29, 1.82) is 0 Å². The molecule has 26 heavy (non-hydrogen) atoms. The predicted octanol–water partition coefficient (Wildman–Crippen LogP) is 1.36. The molecule has 0 saturated carbocycles. The summed E-state index contributed by atoms with van der Waals surface area (Å²) in [5.41, 5.74) is 1.24. The summed E-state index contributed by atoms with van der Waals surface area (Å²) in [7, 11) is 5.43. The Hall–Kier alpha value is -2.61. The normalized spacial score (nSPS) is 10.3. The third kappa shape index (κ3) is 8.48. The molecule has 0 aromatic heterocycles. The van der Waals surface area contributed by atoms with Crippen molar-refractivity contribution in [3.63, 3.8) is 0 Å². The molecule has 1 aromatic carbocycles. The van der Waals surface area contributed by atoms with Crippen LogP contribution in [-0.4, -0.2) is 57.0 Å². The first kappa shape index (κ1) is 21.4. The van der Waals surface area contributed by atoms with E-state index in [1.807, 2.05) is 14.1 Å². The number of ether oxygens (including phenoxy) is 1. The molecule has 0 bridgehead atoms. The molecule has 8 heteroatoms. The molecule has 0 heterocycles. The molecule has 3 amide bonds. The van der Waals surface area contributed by atoms with Crippen molar-refractivity contribution < 1.29 is 19.1 Å². The van der Waals surface area contributed by atoms with Crippen molar-refractivity contribution in [3.05, 3.63) is 23.8 Å². The van der Waals surface area contributed by atoms with Crippen LogP contribution >= 0.6 is 0 Å². The van der Waals surface area contributed by atoms with Gasteiger partial charge in [-0.2, -0.15) is 0 Å². The van der Waals surface area contributed by atoms with Crippen LogP contribution < -0.4 is 20.7 Å². The fourth-order valence-electron chi connectivity index (χ4n) is 2.25. The standard InChI is InChI=1S/C18H28N4O4/c1-13(23)21-15-8-6-14(16(12-15)26-18(25)19-2)7-9-17(24)20-10-5-11-22(3)4/h6,8,12H,5,7,9-11H2,1-4H3,(H,19,25)(H,20,24)(H,21,23). The zero-order valence-electron chi connectivity index (χ0n) is 15.8. The summed E-state index contributed by atoms with van der Waals surface area (Å²) in [5, 5.41) is 7.89. The van der Waals surface area contributed by atoms with Crippen LogP contribution in [0.3, 0.4) is 0 Å². The number of carbonyl (C=O) groups is 3. The lowest BCUT2D eigenvalue weighted by Gasteiger charge is -2.13. The molecule has 8 nitrogen and oxygen atoms in total. The maximum atomic E-state index is 12.0. The van der Waals surface area contributed by atoms with E-state index in [4.69, 9.17) is 4.74 Å². The van der Waals surface area contributed by atoms with Crippen LogP contribution in [0.5, 0.6) is 5.75 Å². The summed E-state index contributed by atoms with van der Waals surface area (Å²) in [6, 6.07) is 5.02. The molecule has 0 saturated heterocycles. The van der Waals surface area contributed by atoms with Crippen LogP contribution in [0, 0.1) is 0 Å². The monoisotopic (exact) mass is 364 g/mol. The summed E-state index contributed by atoms with van der Waals surface area (Å²) < 4.78 is 5.24. The first-order valence-electron chi connectivity index (χ1n) is 8.53. The number of anilines is 1. The van der Waals surface area contributed by atoms with Crippen molar-refractivity contribution in [2.24, 2.45) is 0 Å². The average Bonchev–Trinajstić information content (AvgIpc) is 2.57. The highest BCUT2D eigenvalue weighted by molar-refractivity contribution is 5.89. The predicted molar refractivity (Wildman–Crippen MR) is 100 cm³/mol. The minimum absolute atomic E-state index is 0.0550. The summed E-state index contributed by atoms with van der Waals surface area (Å²) in [5.74, 6) is 0.0392. The smallest absolute Gasteiger partial charge is 0.410 e. The van der Waals surface area contributed by atoms with Gasteiger partial charge in [0, 0.05) is 38.7 Å². The van der Waals surface area contributed by atoms with Gasteiger partial charge in [0.25, 0.3) is 0 Å². The SMILES string of the molecule is CNC(=O)Oc1cc(NC(C)=O)ccc1CCC(=O)NCCCN(C)C. The zero-order chi connectivity index (χ0) is 19.5. The summed E-state index contributed by atoms with van der Waals surface area (Å²) >= 11 is 0. The highest BCUT2D eigenvalue weighted by atomic mass is 16.6. The molecule has 0 aliphatic heterocycles. The van der Waals surface area contributed by atoms with Gasteiger partial charge >= 0.3 is 6.09 Å². The lowest BCUT2D eigenvalue weighted by atomic mass is 10.1. The Morgan fingerprint density at radius 2 is 1.92 bits per heavy atom. The third-order valence-electron chi connectivity index (χ3n) is 3.52. The highest BCUT2D eigenvalue weighted by Gasteiger charge is 2.12. The van der Waals surface area contributed by atoms with E-state index in [2.05, 4.69) is 20.9 Å². The van der Waals surface area contributed by atoms with Crippen LogP contribution in [0.4, 0.5) is 10.5 Å². The molecular formula is C18H28N4O4. The molecule has 0 atom stereocenters. The van der Waals surface area contributed by atoms with Crippen LogP contribution in [-0.2, 0) is 16.0 Å².